The van der Waals surface area contributed by atoms with Crippen molar-refractivity contribution in [2.24, 2.45) is 0 Å². The maximum Gasteiger partial charge on any atom is 0.113 e. The van der Waals surface area contributed by atoms with Crippen LogP contribution in [0.25, 0.3) is 0 Å². The maximum atomic E-state index is 10.3. The Balaban J connectivity index is 2.20. The first-order chi connectivity index (χ1) is 8.24. The first-order valence-electron chi connectivity index (χ1n) is 5.65. The quantitative estimate of drug-likeness (QED) is 0.838. The molecule has 1 nitrogen and oxygen atoms in total. The minimum Gasteiger partial charge on any atom is -0.383 e. The van der Waals surface area contributed by atoms with E-state index in [-0.39, 0.29) is 0 Å². The maximum absolute atomic E-state index is 10.3. The molecule has 0 bridgehead atoms. The number of aliphatic hydroxyl groups is 1. The topological polar surface area (TPSA) is 20.2 Å². The third-order valence-corrected chi connectivity index (χ3v) is 4.76. The lowest BCUT2D eigenvalue weighted by Gasteiger charge is -2.09. The normalized spacial score (nSPS) is 12.6. The third kappa shape index (κ3) is 2.92. The summed E-state index contributed by atoms with van der Waals surface area (Å²) < 4.78 is 0. The number of aliphatic hydroxyl groups excluding tert-OH is 1. The van der Waals surface area contributed by atoms with Crippen LogP contribution >= 0.6 is 23.1 Å². The highest BCUT2D eigenvalue weighted by molar-refractivity contribution is 7.98. The molecule has 90 valence electrons. The summed E-state index contributed by atoms with van der Waals surface area (Å²) in [5.74, 6) is 0. The second-order valence-corrected chi connectivity index (χ2v) is 5.91. The Morgan fingerprint density at radius 2 is 1.88 bits per heavy atom. The molecule has 0 saturated carbocycles. The van der Waals surface area contributed by atoms with Gasteiger partial charge in [0.2, 0.25) is 0 Å². The van der Waals surface area contributed by atoms with E-state index >= 15 is 0 Å². The van der Waals surface area contributed by atoms with Crippen LogP contribution in [0, 0.1) is 0 Å². The molecule has 2 rings (SSSR count). The van der Waals surface area contributed by atoms with E-state index in [0.29, 0.717) is 0 Å². The summed E-state index contributed by atoms with van der Waals surface area (Å²) in [5.41, 5.74) is 0.965. The number of aryl methyl sites for hydroxylation is 1. The molecular weight excluding hydrogens is 248 g/mol. The molecule has 0 saturated heterocycles. The lowest BCUT2D eigenvalue weighted by Crippen LogP contribution is -1.96. The molecule has 0 aliphatic heterocycles. The SMILES string of the molecule is CCc1ccc(C(O)c2ccc(SC)cc2)s1. The van der Waals surface area contributed by atoms with Gasteiger partial charge in [0.1, 0.15) is 6.10 Å². The van der Waals surface area contributed by atoms with Crippen molar-refractivity contribution in [3.05, 3.63) is 51.7 Å². The van der Waals surface area contributed by atoms with Crippen LogP contribution in [0.15, 0.2) is 41.3 Å². The summed E-state index contributed by atoms with van der Waals surface area (Å²) in [6.45, 7) is 2.13. The lowest BCUT2D eigenvalue weighted by molar-refractivity contribution is 0.224. The smallest absolute Gasteiger partial charge is 0.113 e. The highest BCUT2D eigenvalue weighted by Crippen LogP contribution is 2.29. The zero-order chi connectivity index (χ0) is 12.3. The number of thiophene rings is 1. The van der Waals surface area contributed by atoms with Gasteiger partial charge in [0.25, 0.3) is 0 Å². The molecule has 0 radical (unpaired) electrons. The minimum atomic E-state index is -0.490. The summed E-state index contributed by atoms with van der Waals surface area (Å²) in [6, 6.07) is 12.2. The number of thioether (sulfide) groups is 1. The molecule has 1 atom stereocenters. The van der Waals surface area contributed by atoms with Gasteiger partial charge < -0.3 is 5.11 Å². The van der Waals surface area contributed by atoms with Gasteiger partial charge in [-0.2, -0.15) is 0 Å². The molecule has 1 N–H and O–H groups in total. The Hall–Kier alpha value is -0.770. The largest absolute Gasteiger partial charge is 0.383 e. The summed E-state index contributed by atoms with van der Waals surface area (Å²) in [5, 5.41) is 10.3. The van der Waals surface area contributed by atoms with E-state index in [1.54, 1.807) is 23.1 Å². The van der Waals surface area contributed by atoms with Gasteiger partial charge in [0.15, 0.2) is 0 Å². The zero-order valence-electron chi connectivity index (χ0n) is 10.0. The van der Waals surface area contributed by atoms with E-state index in [1.165, 1.54) is 9.77 Å². The fourth-order valence-corrected chi connectivity index (χ4v) is 3.06. The standard InChI is InChI=1S/C14H16OS2/c1-3-11-8-9-13(17-11)14(15)10-4-6-12(16-2)7-5-10/h4-9,14-15H,3H2,1-2H3. The fraction of sp³-hybridized carbons (Fsp3) is 0.286. The molecular formula is C14H16OS2. The van der Waals surface area contributed by atoms with Gasteiger partial charge in [-0.25, -0.2) is 0 Å². The monoisotopic (exact) mass is 264 g/mol. The third-order valence-electron chi connectivity index (χ3n) is 2.73. The van der Waals surface area contributed by atoms with E-state index < -0.39 is 6.10 Å². The fourth-order valence-electron chi connectivity index (χ4n) is 1.68. The first-order valence-corrected chi connectivity index (χ1v) is 7.69. The predicted molar refractivity (Wildman–Crippen MR) is 76.0 cm³/mol. The molecule has 1 heterocycles. The van der Waals surface area contributed by atoms with E-state index in [2.05, 4.69) is 31.4 Å². The van der Waals surface area contributed by atoms with Gasteiger partial charge in [-0.3, -0.25) is 0 Å². The van der Waals surface area contributed by atoms with Gasteiger partial charge in [-0.15, -0.1) is 23.1 Å². The average molecular weight is 264 g/mol. The number of rotatable bonds is 4. The number of benzene rings is 1. The number of hydrogen-bond donors (Lipinski definition) is 1. The van der Waals surface area contributed by atoms with Crippen LogP contribution in [0.5, 0.6) is 0 Å². The molecule has 17 heavy (non-hydrogen) atoms. The van der Waals surface area contributed by atoms with Gasteiger partial charge in [-0.05, 0) is 42.5 Å². The molecule has 1 unspecified atom stereocenters. The van der Waals surface area contributed by atoms with Gasteiger partial charge in [0, 0.05) is 14.6 Å². The summed E-state index contributed by atoms with van der Waals surface area (Å²) in [7, 11) is 0. The van der Waals surface area contributed by atoms with Crippen LogP contribution in [0.3, 0.4) is 0 Å². The van der Waals surface area contributed by atoms with Crippen LogP contribution < -0.4 is 0 Å². The Bertz CT molecular complexity index is 473. The second-order valence-electron chi connectivity index (χ2n) is 3.83. The van der Waals surface area contributed by atoms with E-state index in [0.717, 1.165) is 16.9 Å². The van der Waals surface area contributed by atoms with Gasteiger partial charge in [0.05, 0.1) is 0 Å². The van der Waals surface area contributed by atoms with Crippen LogP contribution in [-0.4, -0.2) is 11.4 Å². The van der Waals surface area contributed by atoms with E-state index in [4.69, 9.17) is 0 Å². The van der Waals surface area contributed by atoms with Crippen molar-refractivity contribution in [2.75, 3.05) is 6.26 Å². The van der Waals surface area contributed by atoms with Crippen molar-refractivity contribution in [1.29, 1.82) is 0 Å². The highest BCUT2D eigenvalue weighted by atomic mass is 32.2. The molecule has 0 fully saturated rings. The van der Waals surface area contributed by atoms with Crippen molar-refractivity contribution in [3.8, 4) is 0 Å². The minimum absolute atomic E-state index is 0.490. The summed E-state index contributed by atoms with van der Waals surface area (Å²) in [4.78, 5) is 3.57. The van der Waals surface area contributed by atoms with Crippen LogP contribution in [0.2, 0.25) is 0 Å². The molecule has 1 aromatic carbocycles. The van der Waals surface area contributed by atoms with Crippen LogP contribution in [0.1, 0.15) is 28.3 Å². The molecule has 3 heteroatoms. The Morgan fingerprint density at radius 3 is 2.41 bits per heavy atom. The molecule has 1 aromatic heterocycles. The number of hydrogen-bond acceptors (Lipinski definition) is 3. The highest BCUT2D eigenvalue weighted by Gasteiger charge is 2.12. The van der Waals surface area contributed by atoms with E-state index in [9.17, 15) is 5.11 Å². The van der Waals surface area contributed by atoms with Crippen molar-refractivity contribution in [2.45, 2.75) is 24.3 Å². The summed E-state index contributed by atoms with van der Waals surface area (Å²) >= 11 is 3.40. The Labute approximate surface area is 111 Å². The Morgan fingerprint density at radius 1 is 1.18 bits per heavy atom. The summed E-state index contributed by atoms with van der Waals surface area (Å²) in [6.07, 6.45) is 2.59. The van der Waals surface area contributed by atoms with Crippen LogP contribution in [-0.2, 0) is 6.42 Å². The predicted octanol–water partition coefficient (Wildman–Crippen LogP) is 4.11. The molecule has 0 aliphatic rings. The van der Waals surface area contributed by atoms with E-state index in [1.807, 2.05) is 18.2 Å². The van der Waals surface area contributed by atoms with Crippen molar-refractivity contribution in [1.82, 2.24) is 0 Å². The Kier molecular flexibility index (Phi) is 4.26. The zero-order valence-corrected chi connectivity index (χ0v) is 11.6. The molecule has 0 spiro atoms. The average Bonchev–Trinajstić information content (AvgIpc) is 2.87. The molecule has 0 amide bonds. The first kappa shape index (κ1) is 12.7. The van der Waals surface area contributed by atoms with Crippen LogP contribution in [0.4, 0.5) is 0 Å². The second kappa shape index (κ2) is 5.71. The van der Waals surface area contributed by atoms with Crippen molar-refractivity contribution < 1.29 is 5.11 Å². The van der Waals surface area contributed by atoms with Gasteiger partial charge >= 0.3 is 0 Å². The lowest BCUT2D eigenvalue weighted by atomic mass is 10.1. The molecule has 0 aliphatic carbocycles. The van der Waals surface area contributed by atoms with Crippen molar-refractivity contribution >= 4 is 23.1 Å². The van der Waals surface area contributed by atoms with Gasteiger partial charge in [-0.1, -0.05) is 19.1 Å². The van der Waals surface area contributed by atoms with Crippen molar-refractivity contribution in [3.63, 3.8) is 0 Å². The molecule has 2 aromatic rings.